The number of benzene rings is 1. The molecule has 0 aromatic heterocycles. The van der Waals surface area contributed by atoms with Crippen molar-refractivity contribution in [3.05, 3.63) is 29.8 Å². The maximum Gasteiger partial charge on any atom is 0.255 e. The van der Waals surface area contributed by atoms with Crippen LogP contribution in [0.4, 0.5) is 0 Å². The fourth-order valence-corrected chi connectivity index (χ4v) is 2.73. The summed E-state index contributed by atoms with van der Waals surface area (Å²) in [6, 6.07) is 8.44. The number of hydrogen-bond acceptors (Lipinski definition) is 3. The van der Waals surface area contributed by atoms with E-state index in [9.17, 15) is 4.79 Å². The molecule has 1 amide bonds. The van der Waals surface area contributed by atoms with Gasteiger partial charge in [-0.1, -0.05) is 31.9 Å². The van der Waals surface area contributed by atoms with E-state index in [4.69, 9.17) is 10.5 Å². The predicted octanol–water partition coefficient (Wildman–Crippen LogP) is 2.22. The molecule has 2 atom stereocenters. The van der Waals surface area contributed by atoms with Crippen molar-refractivity contribution in [2.75, 3.05) is 6.61 Å². The van der Waals surface area contributed by atoms with E-state index in [-0.39, 0.29) is 6.61 Å². The molecular weight excluding hydrogens is 252 g/mol. The minimum atomic E-state index is -0.456. The summed E-state index contributed by atoms with van der Waals surface area (Å²) < 4.78 is 5.24. The van der Waals surface area contributed by atoms with Crippen molar-refractivity contribution in [3.8, 4) is 5.75 Å². The van der Waals surface area contributed by atoms with Gasteiger partial charge in [0, 0.05) is 12.6 Å². The second-order valence-corrected chi connectivity index (χ2v) is 5.65. The first-order valence-electron chi connectivity index (χ1n) is 7.38. The van der Waals surface area contributed by atoms with Crippen molar-refractivity contribution < 1.29 is 9.53 Å². The van der Waals surface area contributed by atoms with E-state index < -0.39 is 5.91 Å². The average Bonchev–Trinajstić information content (AvgIpc) is 2.45. The van der Waals surface area contributed by atoms with Crippen LogP contribution in [0.5, 0.6) is 5.75 Å². The summed E-state index contributed by atoms with van der Waals surface area (Å²) in [6.07, 6.45) is 5.31. The average molecular weight is 276 g/mol. The summed E-state index contributed by atoms with van der Waals surface area (Å²) in [6.45, 7) is 3.14. The highest BCUT2D eigenvalue weighted by Crippen LogP contribution is 2.24. The molecule has 110 valence electrons. The second kappa shape index (κ2) is 7.29. The molecule has 1 aliphatic carbocycles. The first-order chi connectivity index (χ1) is 9.65. The molecule has 1 aliphatic rings. The third-order valence-electron chi connectivity index (χ3n) is 3.98. The van der Waals surface area contributed by atoms with Crippen LogP contribution in [0.25, 0.3) is 0 Å². The molecule has 0 aliphatic heterocycles. The number of nitrogens with one attached hydrogen (secondary N) is 1. The number of hydrogen-bond donors (Lipinski definition) is 2. The van der Waals surface area contributed by atoms with Gasteiger partial charge in [0.2, 0.25) is 0 Å². The molecule has 4 nitrogen and oxygen atoms in total. The minimum Gasteiger partial charge on any atom is -0.484 e. The zero-order valence-corrected chi connectivity index (χ0v) is 12.1. The Bertz CT molecular complexity index is 431. The van der Waals surface area contributed by atoms with Gasteiger partial charge in [0.15, 0.2) is 6.61 Å². The van der Waals surface area contributed by atoms with Crippen LogP contribution in [-0.4, -0.2) is 18.6 Å². The number of carbonyl (C=O) groups is 1. The topological polar surface area (TPSA) is 64.3 Å². The van der Waals surface area contributed by atoms with Gasteiger partial charge in [-0.2, -0.15) is 0 Å². The number of carbonyl (C=O) groups excluding carboxylic acids is 1. The van der Waals surface area contributed by atoms with Crippen LogP contribution in [0.15, 0.2) is 24.3 Å². The highest BCUT2D eigenvalue weighted by Gasteiger charge is 2.20. The molecule has 2 rings (SSSR count). The third kappa shape index (κ3) is 4.53. The summed E-state index contributed by atoms with van der Waals surface area (Å²) in [7, 11) is 0. The Balaban J connectivity index is 1.79. The van der Waals surface area contributed by atoms with Gasteiger partial charge in [-0.15, -0.1) is 0 Å². The summed E-state index contributed by atoms with van der Waals surface area (Å²) in [4.78, 5) is 10.6. The molecule has 0 unspecified atom stereocenters. The van der Waals surface area contributed by atoms with Crippen molar-refractivity contribution >= 4 is 5.91 Å². The second-order valence-electron chi connectivity index (χ2n) is 5.65. The van der Waals surface area contributed by atoms with Gasteiger partial charge in [0.05, 0.1) is 0 Å². The smallest absolute Gasteiger partial charge is 0.255 e. The van der Waals surface area contributed by atoms with Crippen molar-refractivity contribution in [1.29, 1.82) is 0 Å². The normalized spacial score (nSPS) is 22.4. The molecule has 20 heavy (non-hydrogen) atoms. The molecule has 0 spiro atoms. The molecule has 0 bridgehead atoms. The van der Waals surface area contributed by atoms with E-state index >= 15 is 0 Å². The molecule has 1 saturated carbocycles. The van der Waals surface area contributed by atoms with Crippen molar-refractivity contribution in [1.82, 2.24) is 5.32 Å². The highest BCUT2D eigenvalue weighted by atomic mass is 16.5. The van der Waals surface area contributed by atoms with Gasteiger partial charge in [0.1, 0.15) is 5.75 Å². The highest BCUT2D eigenvalue weighted by molar-refractivity contribution is 5.75. The number of amides is 1. The van der Waals surface area contributed by atoms with E-state index in [1.807, 2.05) is 24.3 Å². The van der Waals surface area contributed by atoms with Crippen molar-refractivity contribution in [3.63, 3.8) is 0 Å². The fraction of sp³-hybridized carbons (Fsp3) is 0.562. The summed E-state index contributed by atoms with van der Waals surface area (Å²) >= 11 is 0. The molecule has 4 heteroatoms. The quantitative estimate of drug-likeness (QED) is 0.837. The van der Waals surface area contributed by atoms with Crippen LogP contribution in [0.3, 0.4) is 0 Å². The van der Waals surface area contributed by atoms with Gasteiger partial charge in [-0.3, -0.25) is 4.79 Å². The first-order valence-corrected chi connectivity index (χ1v) is 7.38. The molecular formula is C16H24N2O2. The van der Waals surface area contributed by atoms with Gasteiger partial charge >= 0.3 is 0 Å². The van der Waals surface area contributed by atoms with Crippen LogP contribution in [0.1, 0.15) is 38.2 Å². The molecule has 1 aromatic rings. The molecule has 0 saturated heterocycles. The van der Waals surface area contributed by atoms with Gasteiger partial charge < -0.3 is 15.8 Å². The Morgan fingerprint density at radius 2 is 2.00 bits per heavy atom. The van der Waals surface area contributed by atoms with E-state index in [1.165, 1.54) is 31.2 Å². The first kappa shape index (κ1) is 14.9. The maximum atomic E-state index is 10.6. The van der Waals surface area contributed by atoms with E-state index in [0.29, 0.717) is 11.8 Å². The molecule has 0 heterocycles. The molecule has 1 fully saturated rings. The third-order valence-corrected chi connectivity index (χ3v) is 3.98. The van der Waals surface area contributed by atoms with E-state index in [1.54, 1.807) is 0 Å². The van der Waals surface area contributed by atoms with Gasteiger partial charge in [0.25, 0.3) is 5.91 Å². The lowest BCUT2D eigenvalue weighted by molar-refractivity contribution is -0.119. The maximum absolute atomic E-state index is 10.6. The van der Waals surface area contributed by atoms with Crippen LogP contribution in [0.2, 0.25) is 0 Å². The molecule has 3 N–H and O–H groups in total. The van der Waals surface area contributed by atoms with Gasteiger partial charge in [-0.05, 0) is 36.5 Å². The van der Waals surface area contributed by atoms with E-state index in [0.717, 1.165) is 12.5 Å². The van der Waals surface area contributed by atoms with Gasteiger partial charge in [-0.25, -0.2) is 0 Å². The number of primary amides is 1. The lowest BCUT2D eigenvalue weighted by atomic mass is 9.86. The van der Waals surface area contributed by atoms with Crippen LogP contribution in [0, 0.1) is 5.92 Å². The Kier molecular flexibility index (Phi) is 5.41. The summed E-state index contributed by atoms with van der Waals surface area (Å²) in [5.41, 5.74) is 6.27. The summed E-state index contributed by atoms with van der Waals surface area (Å²) in [5.74, 6) is 0.988. The minimum absolute atomic E-state index is 0.0722. The number of rotatable bonds is 6. The van der Waals surface area contributed by atoms with E-state index in [2.05, 4.69) is 12.2 Å². The zero-order chi connectivity index (χ0) is 14.4. The number of nitrogens with two attached hydrogens (primary N) is 1. The largest absolute Gasteiger partial charge is 0.484 e. The molecule has 1 aromatic carbocycles. The Labute approximate surface area is 120 Å². The van der Waals surface area contributed by atoms with Crippen LogP contribution in [-0.2, 0) is 11.3 Å². The van der Waals surface area contributed by atoms with Crippen LogP contribution < -0.4 is 15.8 Å². The Hall–Kier alpha value is -1.55. The standard InChI is InChI=1S/C16H24N2O2/c1-12-4-2-3-5-15(12)18-10-13-6-8-14(9-7-13)20-11-16(17)19/h6-9,12,15,18H,2-5,10-11H2,1H3,(H2,17,19)/t12-,15-/m0/s1. The number of ether oxygens (including phenoxy) is 1. The van der Waals surface area contributed by atoms with Crippen molar-refractivity contribution in [2.24, 2.45) is 11.7 Å². The molecule has 0 radical (unpaired) electrons. The fourth-order valence-electron chi connectivity index (χ4n) is 2.73. The van der Waals surface area contributed by atoms with Crippen molar-refractivity contribution in [2.45, 2.75) is 45.2 Å². The monoisotopic (exact) mass is 276 g/mol. The van der Waals surface area contributed by atoms with Crippen LogP contribution >= 0.6 is 0 Å². The Morgan fingerprint density at radius 1 is 1.30 bits per heavy atom. The SMILES string of the molecule is C[C@H]1CCCC[C@@H]1NCc1ccc(OCC(N)=O)cc1. The Morgan fingerprint density at radius 3 is 2.65 bits per heavy atom. The zero-order valence-electron chi connectivity index (χ0n) is 12.1. The lowest BCUT2D eigenvalue weighted by Gasteiger charge is -2.29. The lowest BCUT2D eigenvalue weighted by Crippen LogP contribution is -2.36. The predicted molar refractivity (Wildman–Crippen MR) is 79.4 cm³/mol. The summed E-state index contributed by atoms with van der Waals surface area (Å²) in [5, 5.41) is 3.64.